The molecule has 2 N–H and O–H groups in total. The number of carbonyl (C=O) groups is 2. The number of ether oxygens (including phenoxy) is 1. The lowest BCUT2D eigenvalue weighted by Gasteiger charge is -2.30. The van der Waals surface area contributed by atoms with Crippen molar-refractivity contribution in [2.45, 2.75) is 12.6 Å². The van der Waals surface area contributed by atoms with E-state index < -0.39 is 11.9 Å². The topological polar surface area (TPSA) is 85.5 Å². The fourth-order valence-corrected chi connectivity index (χ4v) is 3.04. The molecule has 3 aromatic rings. The van der Waals surface area contributed by atoms with Crippen LogP contribution < -0.4 is 10.5 Å². The highest BCUT2D eigenvalue weighted by atomic mass is 16.5. The van der Waals surface area contributed by atoms with E-state index in [1.54, 1.807) is 43.8 Å². The number of carbonyl (C=O) groups excluding carboxylic acids is 2. The molecule has 0 fully saturated rings. The molecule has 1 aromatic heterocycles. The zero-order valence-corrected chi connectivity index (χ0v) is 15.5. The molecule has 0 saturated carbocycles. The summed E-state index contributed by atoms with van der Waals surface area (Å²) in [5.41, 5.74) is 7.63. The van der Waals surface area contributed by atoms with Crippen LogP contribution in [0.1, 0.15) is 27.5 Å². The van der Waals surface area contributed by atoms with Gasteiger partial charge in [-0.3, -0.25) is 14.6 Å². The number of benzene rings is 2. The van der Waals surface area contributed by atoms with E-state index >= 15 is 0 Å². The second kappa shape index (κ2) is 8.81. The smallest absolute Gasteiger partial charge is 0.255 e. The van der Waals surface area contributed by atoms with E-state index in [9.17, 15) is 9.59 Å². The Morgan fingerprint density at radius 2 is 1.75 bits per heavy atom. The zero-order chi connectivity index (χ0) is 19.9. The second-order valence-corrected chi connectivity index (χ2v) is 6.24. The first-order valence-electron chi connectivity index (χ1n) is 8.78. The van der Waals surface area contributed by atoms with Crippen LogP contribution in [0.5, 0.6) is 5.75 Å². The summed E-state index contributed by atoms with van der Waals surface area (Å²) in [5.74, 6) is -0.237. The molecule has 142 valence electrons. The van der Waals surface area contributed by atoms with Gasteiger partial charge in [0.05, 0.1) is 7.11 Å². The van der Waals surface area contributed by atoms with Crippen LogP contribution in [0.25, 0.3) is 0 Å². The van der Waals surface area contributed by atoms with Gasteiger partial charge in [0.2, 0.25) is 5.91 Å². The summed E-state index contributed by atoms with van der Waals surface area (Å²) >= 11 is 0. The highest BCUT2D eigenvalue weighted by Crippen LogP contribution is 2.26. The average Bonchev–Trinajstić information content (AvgIpc) is 2.74. The molecule has 0 bridgehead atoms. The van der Waals surface area contributed by atoms with E-state index in [1.807, 2.05) is 42.5 Å². The lowest BCUT2D eigenvalue weighted by atomic mass is 10.0. The Balaban J connectivity index is 2.04. The number of nitrogens with two attached hydrogens (primary N) is 1. The Kier molecular flexibility index (Phi) is 6.01. The van der Waals surface area contributed by atoms with Crippen molar-refractivity contribution in [3.05, 3.63) is 95.8 Å². The average molecular weight is 375 g/mol. The van der Waals surface area contributed by atoms with Gasteiger partial charge in [0.15, 0.2) is 0 Å². The molecule has 6 heteroatoms. The van der Waals surface area contributed by atoms with Crippen LogP contribution in [0.4, 0.5) is 0 Å². The van der Waals surface area contributed by atoms with Crippen molar-refractivity contribution in [2.75, 3.05) is 7.11 Å². The summed E-state index contributed by atoms with van der Waals surface area (Å²) in [6.07, 6.45) is 3.08. The molecule has 28 heavy (non-hydrogen) atoms. The number of primary amides is 1. The number of hydrogen-bond donors (Lipinski definition) is 1. The minimum absolute atomic E-state index is 0.195. The van der Waals surface area contributed by atoms with Crippen molar-refractivity contribution in [1.82, 2.24) is 9.88 Å². The molecular weight excluding hydrogens is 354 g/mol. The highest BCUT2D eigenvalue weighted by molar-refractivity contribution is 5.97. The molecular formula is C22H21N3O3. The predicted octanol–water partition coefficient (Wildman–Crippen LogP) is 2.96. The Bertz CT molecular complexity index is 946. The molecule has 0 aliphatic heterocycles. The first kappa shape index (κ1) is 19.1. The van der Waals surface area contributed by atoms with Crippen molar-refractivity contribution < 1.29 is 14.3 Å². The summed E-state index contributed by atoms with van der Waals surface area (Å²) in [6.45, 7) is 0.195. The first-order valence-corrected chi connectivity index (χ1v) is 8.78. The molecule has 2 amide bonds. The molecule has 0 saturated heterocycles. The molecule has 3 rings (SSSR count). The van der Waals surface area contributed by atoms with E-state index in [0.717, 1.165) is 5.56 Å². The number of methoxy groups -OCH3 is 1. The molecule has 0 aliphatic rings. The monoisotopic (exact) mass is 375 g/mol. The maximum Gasteiger partial charge on any atom is 0.255 e. The molecule has 0 unspecified atom stereocenters. The van der Waals surface area contributed by atoms with Crippen LogP contribution in [-0.2, 0) is 11.3 Å². The normalized spacial score (nSPS) is 11.5. The fraction of sp³-hybridized carbons (Fsp3) is 0.136. The van der Waals surface area contributed by atoms with E-state index in [4.69, 9.17) is 10.5 Å². The Hall–Kier alpha value is -3.67. The second-order valence-electron chi connectivity index (χ2n) is 6.24. The maximum absolute atomic E-state index is 13.3. The first-order chi connectivity index (χ1) is 13.6. The van der Waals surface area contributed by atoms with Crippen molar-refractivity contribution in [1.29, 1.82) is 0 Å². The molecule has 0 radical (unpaired) electrons. The molecule has 6 nitrogen and oxygen atoms in total. The van der Waals surface area contributed by atoms with Gasteiger partial charge in [0.1, 0.15) is 11.8 Å². The van der Waals surface area contributed by atoms with Crippen molar-refractivity contribution in [3.8, 4) is 5.75 Å². The van der Waals surface area contributed by atoms with Gasteiger partial charge in [-0.15, -0.1) is 0 Å². The summed E-state index contributed by atoms with van der Waals surface area (Å²) in [6, 6.07) is 18.7. The van der Waals surface area contributed by atoms with Crippen molar-refractivity contribution >= 4 is 11.8 Å². The molecule has 2 aromatic carbocycles. The third kappa shape index (κ3) is 4.35. The van der Waals surface area contributed by atoms with Gasteiger partial charge in [0.25, 0.3) is 5.91 Å². The summed E-state index contributed by atoms with van der Waals surface area (Å²) < 4.78 is 5.27. The van der Waals surface area contributed by atoms with Crippen LogP contribution in [0.15, 0.2) is 79.1 Å². The van der Waals surface area contributed by atoms with Crippen LogP contribution in [0.3, 0.4) is 0 Å². The molecule has 0 aliphatic carbocycles. The van der Waals surface area contributed by atoms with Crippen LogP contribution in [-0.4, -0.2) is 28.8 Å². The summed E-state index contributed by atoms with van der Waals surface area (Å²) in [5, 5.41) is 0. The van der Waals surface area contributed by atoms with Crippen LogP contribution in [0, 0.1) is 0 Å². The van der Waals surface area contributed by atoms with E-state index in [1.165, 1.54) is 4.90 Å². The van der Waals surface area contributed by atoms with Gasteiger partial charge in [0, 0.05) is 24.5 Å². The number of rotatable bonds is 7. The number of hydrogen-bond acceptors (Lipinski definition) is 4. The van der Waals surface area contributed by atoms with Gasteiger partial charge in [-0.2, -0.15) is 0 Å². The predicted molar refractivity (Wildman–Crippen MR) is 105 cm³/mol. The number of amides is 2. The van der Waals surface area contributed by atoms with E-state index in [-0.39, 0.29) is 12.5 Å². The Morgan fingerprint density at radius 1 is 1.04 bits per heavy atom. The molecule has 0 spiro atoms. The third-order valence-electron chi connectivity index (χ3n) is 4.37. The fourth-order valence-electron chi connectivity index (χ4n) is 3.04. The maximum atomic E-state index is 13.3. The minimum atomic E-state index is -0.909. The lowest BCUT2D eigenvalue weighted by molar-refractivity contribution is -0.122. The number of aromatic nitrogens is 1. The SMILES string of the molecule is COc1cccc(CN(C(=O)c2ccncc2)[C@@H](C(N)=O)c2ccccc2)c1. The largest absolute Gasteiger partial charge is 0.497 e. The highest BCUT2D eigenvalue weighted by Gasteiger charge is 2.30. The quantitative estimate of drug-likeness (QED) is 0.688. The van der Waals surface area contributed by atoms with E-state index in [2.05, 4.69) is 4.98 Å². The Labute approximate surface area is 163 Å². The van der Waals surface area contributed by atoms with Gasteiger partial charge in [-0.25, -0.2) is 0 Å². The van der Waals surface area contributed by atoms with Gasteiger partial charge < -0.3 is 15.4 Å². The van der Waals surface area contributed by atoms with Crippen molar-refractivity contribution in [2.24, 2.45) is 5.73 Å². The number of pyridine rings is 1. The minimum Gasteiger partial charge on any atom is -0.497 e. The lowest BCUT2D eigenvalue weighted by Crippen LogP contribution is -2.41. The standard InChI is InChI=1S/C22H21N3O3/c1-28-19-9-5-6-16(14-19)15-25(22(27)18-10-12-24-13-11-18)20(21(23)26)17-7-3-2-4-8-17/h2-14,20H,15H2,1H3,(H2,23,26)/t20-/m1/s1. The van der Waals surface area contributed by atoms with E-state index in [0.29, 0.717) is 16.9 Å². The summed E-state index contributed by atoms with van der Waals surface area (Å²) in [7, 11) is 1.58. The van der Waals surface area contributed by atoms with Gasteiger partial charge >= 0.3 is 0 Å². The molecule has 1 heterocycles. The summed E-state index contributed by atoms with van der Waals surface area (Å²) in [4.78, 5) is 31.1. The number of nitrogens with zero attached hydrogens (tertiary/aromatic N) is 2. The Morgan fingerprint density at radius 3 is 2.39 bits per heavy atom. The third-order valence-corrected chi connectivity index (χ3v) is 4.37. The van der Waals surface area contributed by atoms with Gasteiger partial charge in [-0.1, -0.05) is 42.5 Å². The van der Waals surface area contributed by atoms with Crippen LogP contribution >= 0.6 is 0 Å². The zero-order valence-electron chi connectivity index (χ0n) is 15.5. The van der Waals surface area contributed by atoms with Crippen molar-refractivity contribution in [3.63, 3.8) is 0 Å². The molecule has 1 atom stereocenters. The van der Waals surface area contributed by atoms with Crippen LogP contribution in [0.2, 0.25) is 0 Å². The van der Waals surface area contributed by atoms with Gasteiger partial charge in [-0.05, 0) is 35.4 Å².